The van der Waals surface area contributed by atoms with E-state index < -0.39 is 21.8 Å². The molecule has 0 aromatic heterocycles. The van der Waals surface area contributed by atoms with Gasteiger partial charge in [-0.25, -0.2) is 8.78 Å². The molecule has 2 aromatic rings. The quantitative estimate of drug-likeness (QED) is 0.811. The maximum Gasteiger partial charge on any atom is 0.339 e. The van der Waals surface area contributed by atoms with Crippen molar-refractivity contribution in [1.29, 1.82) is 0 Å². The van der Waals surface area contributed by atoms with Crippen molar-refractivity contribution in [2.45, 2.75) is 11.8 Å². The van der Waals surface area contributed by atoms with Gasteiger partial charge in [-0.2, -0.15) is 8.42 Å². The first-order chi connectivity index (χ1) is 9.31. The molecular weight excluding hydrogens is 310 g/mol. The summed E-state index contributed by atoms with van der Waals surface area (Å²) in [6.45, 7) is 1.52. The monoisotopic (exact) mass is 318 g/mol. The summed E-state index contributed by atoms with van der Waals surface area (Å²) in [5.74, 6) is -2.60. The van der Waals surface area contributed by atoms with Gasteiger partial charge < -0.3 is 4.18 Å². The first-order valence-corrected chi connectivity index (χ1v) is 7.24. The highest BCUT2D eigenvalue weighted by Gasteiger charge is 2.21. The Labute approximate surface area is 119 Å². The maximum absolute atomic E-state index is 13.0. The third-order valence-corrected chi connectivity index (χ3v) is 4.39. The number of hydrogen-bond donors (Lipinski definition) is 0. The lowest BCUT2D eigenvalue weighted by Crippen LogP contribution is -2.11. The van der Waals surface area contributed by atoms with Gasteiger partial charge in [0.25, 0.3) is 0 Å². The summed E-state index contributed by atoms with van der Waals surface area (Å²) in [5, 5.41) is 0.264. The normalized spacial score (nSPS) is 11.4. The Hall–Kier alpha value is -1.66. The van der Waals surface area contributed by atoms with Crippen LogP contribution in [-0.2, 0) is 10.1 Å². The van der Waals surface area contributed by atoms with Crippen LogP contribution in [0.5, 0.6) is 5.75 Å². The molecule has 2 rings (SSSR count). The lowest BCUT2D eigenvalue weighted by Gasteiger charge is -2.10. The summed E-state index contributed by atoms with van der Waals surface area (Å²) in [5.41, 5.74) is 0.316. The van der Waals surface area contributed by atoms with Gasteiger partial charge in [0.2, 0.25) is 0 Å². The van der Waals surface area contributed by atoms with E-state index in [0.717, 1.165) is 12.1 Å². The van der Waals surface area contributed by atoms with Crippen LogP contribution >= 0.6 is 11.6 Å². The van der Waals surface area contributed by atoms with Crippen LogP contribution in [0.2, 0.25) is 5.02 Å². The zero-order chi connectivity index (χ0) is 14.9. The van der Waals surface area contributed by atoms with Crippen molar-refractivity contribution in [2.75, 3.05) is 0 Å². The summed E-state index contributed by atoms with van der Waals surface area (Å²) in [6.07, 6.45) is 0. The van der Waals surface area contributed by atoms with E-state index in [4.69, 9.17) is 15.8 Å². The van der Waals surface area contributed by atoms with Crippen LogP contribution in [0.4, 0.5) is 8.78 Å². The molecule has 0 aliphatic rings. The molecule has 0 fully saturated rings. The van der Waals surface area contributed by atoms with Gasteiger partial charge in [-0.05, 0) is 36.8 Å². The van der Waals surface area contributed by atoms with Gasteiger partial charge in [-0.1, -0.05) is 17.7 Å². The smallest absolute Gasteiger partial charge is 0.339 e. The zero-order valence-corrected chi connectivity index (χ0v) is 11.8. The molecule has 0 unspecified atom stereocenters. The summed E-state index contributed by atoms with van der Waals surface area (Å²) in [7, 11) is -4.17. The molecule has 0 atom stereocenters. The fraction of sp³-hybridized carbons (Fsp3) is 0.0769. The summed E-state index contributed by atoms with van der Waals surface area (Å²) >= 11 is 5.84. The largest absolute Gasteiger partial charge is 0.379 e. The highest BCUT2D eigenvalue weighted by molar-refractivity contribution is 7.87. The molecule has 20 heavy (non-hydrogen) atoms. The van der Waals surface area contributed by atoms with Crippen molar-refractivity contribution >= 4 is 21.7 Å². The third kappa shape index (κ3) is 2.91. The minimum Gasteiger partial charge on any atom is -0.379 e. The van der Waals surface area contributed by atoms with E-state index in [0.29, 0.717) is 11.6 Å². The Bertz CT molecular complexity index is 760. The molecular formula is C13H9ClF2O3S. The predicted molar refractivity (Wildman–Crippen MR) is 70.4 cm³/mol. The average Bonchev–Trinajstić information content (AvgIpc) is 2.36. The van der Waals surface area contributed by atoms with Gasteiger partial charge in [0.05, 0.1) is 0 Å². The minimum absolute atomic E-state index is 0.130. The van der Waals surface area contributed by atoms with E-state index in [1.807, 2.05) is 0 Å². The van der Waals surface area contributed by atoms with Crippen LogP contribution < -0.4 is 4.18 Å². The maximum atomic E-state index is 13.0. The zero-order valence-electron chi connectivity index (χ0n) is 10.2. The van der Waals surface area contributed by atoms with Crippen LogP contribution in [0, 0.1) is 18.6 Å². The van der Waals surface area contributed by atoms with Crippen molar-refractivity contribution in [3.63, 3.8) is 0 Å². The first kappa shape index (κ1) is 14.7. The van der Waals surface area contributed by atoms with Gasteiger partial charge in [-0.15, -0.1) is 0 Å². The van der Waals surface area contributed by atoms with E-state index in [1.54, 1.807) is 0 Å². The van der Waals surface area contributed by atoms with Crippen LogP contribution in [0.15, 0.2) is 41.3 Å². The highest BCUT2D eigenvalue weighted by atomic mass is 35.5. The molecule has 0 aliphatic heterocycles. The van der Waals surface area contributed by atoms with Crippen molar-refractivity contribution in [3.8, 4) is 5.75 Å². The SMILES string of the molecule is Cc1c(Cl)cccc1S(=O)(=O)Oc1ccc(F)c(F)c1. The Balaban J connectivity index is 2.41. The third-order valence-electron chi connectivity index (χ3n) is 2.58. The number of halogens is 3. The van der Waals surface area contributed by atoms with Gasteiger partial charge in [0.1, 0.15) is 10.6 Å². The molecule has 0 heterocycles. The standard InChI is InChI=1S/C13H9ClF2O3S/c1-8-10(14)3-2-4-13(8)20(17,18)19-9-5-6-11(15)12(16)7-9/h2-7H,1H3. The highest BCUT2D eigenvalue weighted by Crippen LogP contribution is 2.26. The molecule has 2 aromatic carbocycles. The van der Waals surface area contributed by atoms with Crippen LogP contribution in [0.1, 0.15) is 5.56 Å². The Morgan fingerprint density at radius 1 is 1.10 bits per heavy atom. The van der Waals surface area contributed by atoms with Crippen molar-refractivity contribution < 1.29 is 21.4 Å². The van der Waals surface area contributed by atoms with E-state index in [-0.39, 0.29) is 15.7 Å². The summed E-state index contributed by atoms with van der Waals surface area (Å²) in [4.78, 5) is -0.130. The molecule has 0 bridgehead atoms. The minimum atomic E-state index is -4.17. The van der Waals surface area contributed by atoms with Crippen LogP contribution in [0.25, 0.3) is 0 Å². The Morgan fingerprint density at radius 3 is 2.45 bits per heavy atom. The summed E-state index contributed by atoms with van der Waals surface area (Å²) in [6, 6.07) is 6.77. The predicted octanol–water partition coefficient (Wildman–Crippen LogP) is 3.69. The van der Waals surface area contributed by atoms with Gasteiger partial charge in [0.15, 0.2) is 11.6 Å². The van der Waals surface area contributed by atoms with E-state index in [9.17, 15) is 17.2 Å². The topological polar surface area (TPSA) is 43.4 Å². The fourth-order valence-electron chi connectivity index (χ4n) is 1.56. The van der Waals surface area contributed by atoms with E-state index in [1.165, 1.54) is 25.1 Å². The lowest BCUT2D eigenvalue weighted by molar-refractivity contribution is 0.471. The molecule has 0 radical (unpaired) electrons. The molecule has 0 saturated carbocycles. The first-order valence-electron chi connectivity index (χ1n) is 5.46. The molecule has 3 nitrogen and oxygen atoms in total. The second kappa shape index (κ2) is 5.38. The summed E-state index contributed by atoms with van der Waals surface area (Å²) < 4.78 is 54.7. The molecule has 7 heteroatoms. The average molecular weight is 319 g/mol. The van der Waals surface area contributed by atoms with Crippen LogP contribution in [-0.4, -0.2) is 8.42 Å². The van der Waals surface area contributed by atoms with Crippen LogP contribution in [0.3, 0.4) is 0 Å². The van der Waals surface area contributed by atoms with Gasteiger partial charge >= 0.3 is 10.1 Å². The molecule has 0 spiro atoms. The van der Waals surface area contributed by atoms with Crippen molar-refractivity contribution in [1.82, 2.24) is 0 Å². The molecule has 106 valence electrons. The second-order valence-electron chi connectivity index (χ2n) is 3.98. The molecule has 0 saturated heterocycles. The molecule has 0 aliphatic carbocycles. The Kier molecular flexibility index (Phi) is 3.96. The van der Waals surface area contributed by atoms with E-state index in [2.05, 4.69) is 0 Å². The molecule has 0 amide bonds. The number of hydrogen-bond acceptors (Lipinski definition) is 3. The van der Waals surface area contributed by atoms with Crippen molar-refractivity contribution in [3.05, 3.63) is 58.6 Å². The number of benzene rings is 2. The lowest BCUT2D eigenvalue weighted by atomic mass is 10.2. The fourth-order valence-corrected chi connectivity index (χ4v) is 2.97. The Morgan fingerprint density at radius 2 is 1.80 bits per heavy atom. The van der Waals surface area contributed by atoms with E-state index >= 15 is 0 Å². The van der Waals surface area contributed by atoms with Gasteiger partial charge in [0, 0.05) is 11.1 Å². The second-order valence-corrected chi connectivity index (χ2v) is 5.90. The van der Waals surface area contributed by atoms with Crippen molar-refractivity contribution in [2.24, 2.45) is 0 Å². The number of rotatable bonds is 3. The van der Waals surface area contributed by atoms with Gasteiger partial charge in [-0.3, -0.25) is 0 Å². The molecule has 0 N–H and O–H groups in total.